The first-order chi connectivity index (χ1) is 23.1. The highest BCUT2D eigenvalue weighted by Gasteiger charge is 2.55. The SMILES string of the molecule is CC1CCC(=O)C1(COC(=O)C(C)(C)C)N(c1ccc(N[C@H](C(=O)O)c2ccc(CC(=O)O)cc2)c(F)c1)C1CCC2=C(C1)CN(C)C=N2. The Morgan fingerprint density at radius 2 is 1.84 bits per heavy atom. The van der Waals surface area contributed by atoms with Gasteiger partial charge < -0.3 is 30.1 Å². The van der Waals surface area contributed by atoms with Crippen LogP contribution >= 0.6 is 0 Å². The van der Waals surface area contributed by atoms with Crippen LogP contribution in [0.15, 0.2) is 58.7 Å². The lowest BCUT2D eigenvalue weighted by Gasteiger charge is -2.50. The Balaban J connectivity index is 1.53. The fourth-order valence-electron chi connectivity index (χ4n) is 7.14. The summed E-state index contributed by atoms with van der Waals surface area (Å²) >= 11 is 0. The number of halogens is 1. The van der Waals surface area contributed by atoms with Gasteiger partial charge in [-0.25, -0.2) is 14.2 Å². The number of aliphatic carboxylic acids is 2. The molecule has 0 aromatic heterocycles. The molecule has 262 valence electrons. The first kappa shape index (κ1) is 35.6. The molecule has 49 heavy (non-hydrogen) atoms. The predicted octanol–water partition coefficient (Wildman–Crippen LogP) is 5.60. The van der Waals surface area contributed by atoms with E-state index >= 15 is 4.39 Å². The zero-order chi connectivity index (χ0) is 35.7. The third-order valence-electron chi connectivity index (χ3n) is 9.83. The highest BCUT2D eigenvalue weighted by molar-refractivity contribution is 5.95. The number of benzene rings is 2. The number of carbonyl (C=O) groups is 4. The Morgan fingerprint density at radius 1 is 1.12 bits per heavy atom. The Morgan fingerprint density at radius 3 is 2.43 bits per heavy atom. The van der Waals surface area contributed by atoms with Crippen molar-refractivity contribution in [3.8, 4) is 0 Å². The Hall–Kier alpha value is -4.74. The van der Waals surface area contributed by atoms with Gasteiger partial charge in [0.25, 0.3) is 0 Å². The summed E-state index contributed by atoms with van der Waals surface area (Å²) in [7, 11) is 1.95. The average Bonchev–Trinajstić information content (AvgIpc) is 3.31. The van der Waals surface area contributed by atoms with Gasteiger partial charge in [0.2, 0.25) is 0 Å². The van der Waals surface area contributed by atoms with Crippen LogP contribution in [0.5, 0.6) is 0 Å². The molecule has 0 saturated heterocycles. The van der Waals surface area contributed by atoms with E-state index in [2.05, 4.69) is 10.3 Å². The van der Waals surface area contributed by atoms with E-state index in [4.69, 9.17) is 9.84 Å². The van der Waals surface area contributed by atoms with Crippen molar-refractivity contribution in [2.45, 2.75) is 83.8 Å². The lowest BCUT2D eigenvalue weighted by atomic mass is 9.80. The number of allylic oxidation sites excluding steroid dienone is 1. The number of hydrogen-bond donors (Lipinski definition) is 3. The molecule has 0 bridgehead atoms. The maximum atomic E-state index is 16.2. The summed E-state index contributed by atoms with van der Waals surface area (Å²) in [6, 6.07) is 9.00. The van der Waals surface area contributed by atoms with Crippen molar-refractivity contribution >= 4 is 41.4 Å². The van der Waals surface area contributed by atoms with Crippen LogP contribution in [-0.4, -0.2) is 76.9 Å². The monoisotopic (exact) mass is 676 g/mol. The van der Waals surface area contributed by atoms with Crippen molar-refractivity contribution in [1.29, 1.82) is 0 Å². The molecule has 1 aliphatic heterocycles. The van der Waals surface area contributed by atoms with Gasteiger partial charge in [-0.15, -0.1) is 0 Å². The molecular formula is C37H45FN4O7. The van der Waals surface area contributed by atoms with Gasteiger partial charge >= 0.3 is 17.9 Å². The van der Waals surface area contributed by atoms with E-state index in [-0.39, 0.29) is 36.5 Å². The number of nitrogens with zero attached hydrogens (tertiary/aromatic N) is 3. The van der Waals surface area contributed by atoms with Gasteiger partial charge in [0.1, 0.15) is 18.0 Å². The number of ether oxygens (including phenoxy) is 1. The Bertz CT molecular complexity index is 1680. The molecule has 12 heteroatoms. The van der Waals surface area contributed by atoms with E-state index < -0.39 is 40.7 Å². The maximum absolute atomic E-state index is 16.2. The van der Waals surface area contributed by atoms with Crippen molar-refractivity contribution in [3.05, 3.63) is 70.7 Å². The average molecular weight is 677 g/mol. The fraction of sp³-hybridized carbons (Fsp3) is 0.486. The minimum Gasteiger partial charge on any atom is -0.481 e. The lowest BCUT2D eigenvalue weighted by molar-refractivity contribution is -0.156. The first-order valence-corrected chi connectivity index (χ1v) is 16.6. The van der Waals surface area contributed by atoms with E-state index in [9.17, 15) is 24.3 Å². The number of ketones is 1. The van der Waals surface area contributed by atoms with Gasteiger partial charge in [0.15, 0.2) is 11.8 Å². The second kappa shape index (κ2) is 14.0. The number of rotatable bonds is 11. The van der Waals surface area contributed by atoms with Crippen molar-refractivity contribution in [2.24, 2.45) is 16.3 Å². The molecule has 0 radical (unpaired) electrons. The van der Waals surface area contributed by atoms with Crippen molar-refractivity contribution in [2.75, 3.05) is 30.4 Å². The van der Waals surface area contributed by atoms with Crippen molar-refractivity contribution in [3.63, 3.8) is 0 Å². The van der Waals surface area contributed by atoms with Gasteiger partial charge in [-0.3, -0.25) is 14.4 Å². The summed E-state index contributed by atoms with van der Waals surface area (Å²) in [4.78, 5) is 59.1. The van der Waals surface area contributed by atoms with Gasteiger partial charge in [0, 0.05) is 37.4 Å². The van der Waals surface area contributed by atoms with Gasteiger partial charge in [-0.2, -0.15) is 0 Å². The van der Waals surface area contributed by atoms with E-state index in [1.807, 2.05) is 30.1 Å². The van der Waals surface area contributed by atoms with Gasteiger partial charge in [-0.1, -0.05) is 31.2 Å². The quantitative estimate of drug-likeness (QED) is 0.257. The maximum Gasteiger partial charge on any atom is 0.330 e. The number of nitrogens with one attached hydrogen (secondary N) is 1. The third-order valence-corrected chi connectivity index (χ3v) is 9.83. The molecule has 4 atom stereocenters. The van der Waals surface area contributed by atoms with Gasteiger partial charge in [-0.05, 0) is 87.3 Å². The summed E-state index contributed by atoms with van der Waals surface area (Å²) in [5.41, 5.74) is 1.34. The third kappa shape index (κ3) is 7.47. The van der Waals surface area contributed by atoms with Crippen LogP contribution in [-0.2, 0) is 30.3 Å². The lowest BCUT2D eigenvalue weighted by Crippen LogP contribution is -2.63. The Kier molecular flexibility index (Phi) is 10.2. The molecule has 5 rings (SSSR count). The van der Waals surface area contributed by atoms with Crippen LogP contribution in [0.1, 0.15) is 77.0 Å². The topological polar surface area (TPSA) is 149 Å². The van der Waals surface area contributed by atoms with E-state index in [1.165, 1.54) is 36.4 Å². The summed E-state index contributed by atoms with van der Waals surface area (Å²) in [6.07, 6.45) is 4.40. The molecule has 1 fully saturated rings. The van der Waals surface area contributed by atoms with Crippen LogP contribution in [0.4, 0.5) is 15.8 Å². The molecule has 2 aliphatic carbocycles. The summed E-state index contributed by atoms with van der Waals surface area (Å²) in [5, 5.41) is 21.9. The number of carbonyl (C=O) groups excluding carboxylic acids is 2. The highest BCUT2D eigenvalue weighted by atomic mass is 19.1. The number of aliphatic imine (C=N–C) groups is 1. The first-order valence-electron chi connectivity index (χ1n) is 16.6. The molecule has 2 aromatic carbocycles. The molecule has 3 aliphatic rings. The molecule has 11 nitrogen and oxygen atoms in total. The summed E-state index contributed by atoms with van der Waals surface area (Å²) < 4.78 is 22.1. The zero-order valence-corrected chi connectivity index (χ0v) is 28.7. The van der Waals surface area contributed by atoms with Crippen LogP contribution < -0.4 is 10.2 Å². The van der Waals surface area contributed by atoms with E-state index in [1.54, 1.807) is 26.8 Å². The number of carboxylic acids is 2. The number of anilines is 2. The smallest absolute Gasteiger partial charge is 0.330 e. The predicted molar refractivity (Wildman–Crippen MR) is 183 cm³/mol. The fourth-order valence-corrected chi connectivity index (χ4v) is 7.14. The van der Waals surface area contributed by atoms with Gasteiger partial charge in [0.05, 0.1) is 23.9 Å². The van der Waals surface area contributed by atoms with Crippen LogP contribution in [0.3, 0.4) is 0 Å². The number of hydrogen-bond acceptors (Lipinski definition) is 9. The minimum atomic E-state index is -1.32. The molecule has 3 unspecified atom stereocenters. The summed E-state index contributed by atoms with van der Waals surface area (Å²) in [5.74, 6) is -3.68. The number of carboxylic acid groups (broad SMARTS) is 2. The molecular weight excluding hydrogens is 631 g/mol. The van der Waals surface area contributed by atoms with Crippen molar-refractivity contribution in [1.82, 2.24) is 4.90 Å². The van der Waals surface area contributed by atoms with Crippen LogP contribution in [0.25, 0.3) is 0 Å². The normalized spacial score (nSPS) is 22.8. The van der Waals surface area contributed by atoms with E-state index in [0.717, 1.165) is 11.3 Å². The second-order valence-corrected chi connectivity index (χ2v) is 14.5. The van der Waals surface area contributed by atoms with E-state index in [0.29, 0.717) is 55.5 Å². The second-order valence-electron chi connectivity index (χ2n) is 14.5. The zero-order valence-electron chi connectivity index (χ0n) is 28.7. The molecule has 0 spiro atoms. The number of Topliss-reactive ketones (excluding diaryl/α,β-unsaturated/α-hetero) is 1. The number of likely N-dealkylation sites (N-methyl/N-ethyl adjacent to an activating group) is 1. The van der Waals surface area contributed by atoms with Crippen LogP contribution in [0, 0.1) is 17.2 Å². The highest BCUT2D eigenvalue weighted by Crippen LogP contribution is 2.46. The molecule has 1 saturated carbocycles. The minimum absolute atomic E-state index is 0.0541. The number of esters is 1. The Labute approximate surface area is 285 Å². The standard InChI is InChI=1S/C37H45FN4O7/c1-22-6-15-31(43)37(22,20-49-35(48)36(2,3)4)42(26-11-13-29-25(17-26)19-41(5)21-39-29)27-12-14-30(28(38)18-27)40-33(34(46)47)24-9-7-23(8-10-24)16-32(44)45/h7-10,12,14,18,21-22,26,33,40H,6,11,13,15-17,19-20H2,1-5H3,(H,44,45)(H,46,47)/t22?,26?,33-,37?/m0/s1. The molecule has 1 heterocycles. The van der Waals surface area contributed by atoms with Crippen molar-refractivity contribution < 1.29 is 38.5 Å². The molecule has 2 aromatic rings. The van der Waals surface area contributed by atoms with Crippen LogP contribution in [0.2, 0.25) is 0 Å². The molecule has 3 N–H and O–H groups in total. The largest absolute Gasteiger partial charge is 0.481 e. The molecule has 0 amide bonds. The summed E-state index contributed by atoms with van der Waals surface area (Å²) in [6.45, 7) is 7.74.